The van der Waals surface area contributed by atoms with Crippen molar-refractivity contribution < 1.29 is 19.1 Å². The molecule has 0 N–H and O–H groups in total. The number of ether oxygens (including phenoxy) is 1. The summed E-state index contributed by atoms with van der Waals surface area (Å²) in [6.07, 6.45) is 18.6. The molecular formula is C40H47NO4. The van der Waals surface area contributed by atoms with Crippen LogP contribution in [0.4, 0.5) is 5.69 Å². The second-order valence-corrected chi connectivity index (χ2v) is 14.9. The highest BCUT2D eigenvalue weighted by Gasteiger charge is 2.54. The van der Waals surface area contributed by atoms with Crippen LogP contribution in [-0.4, -0.2) is 17.8 Å². The van der Waals surface area contributed by atoms with Gasteiger partial charge in [-0.2, -0.15) is 0 Å². The van der Waals surface area contributed by atoms with Gasteiger partial charge in [-0.15, -0.1) is 0 Å². The first kappa shape index (κ1) is 30.2. The smallest absolute Gasteiger partial charge is 0.339 e. The minimum absolute atomic E-state index is 0.0936. The zero-order chi connectivity index (χ0) is 31.2. The van der Waals surface area contributed by atoms with E-state index >= 15 is 0 Å². The lowest BCUT2D eigenvalue weighted by molar-refractivity contribution is -0.135. The Balaban J connectivity index is 0.949. The number of aryl methyl sites for hydroxylation is 1. The average Bonchev–Trinajstić information content (AvgIpc) is 3.66. The normalized spacial score (nSPS) is 33.0. The summed E-state index contributed by atoms with van der Waals surface area (Å²) in [5.41, 5.74) is 4.18. The molecule has 7 rings (SSSR count). The van der Waals surface area contributed by atoms with E-state index in [1.54, 1.807) is 25.1 Å². The summed E-state index contributed by atoms with van der Waals surface area (Å²) in [7, 11) is 0. The average molecular weight is 606 g/mol. The number of esters is 1. The fourth-order valence-electron chi connectivity index (χ4n) is 9.33. The molecule has 4 fully saturated rings. The summed E-state index contributed by atoms with van der Waals surface area (Å²) in [6, 6.07) is 13.9. The summed E-state index contributed by atoms with van der Waals surface area (Å²) in [5.74, 6) is 3.85. The van der Waals surface area contributed by atoms with Gasteiger partial charge >= 0.3 is 5.97 Å². The minimum atomic E-state index is -0.410. The van der Waals surface area contributed by atoms with Crippen LogP contribution in [0.3, 0.4) is 0 Å². The largest absolute Gasteiger partial charge is 0.423 e. The van der Waals surface area contributed by atoms with Crippen molar-refractivity contribution in [2.75, 3.05) is 4.90 Å². The van der Waals surface area contributed by atoms with Crippen molar-refractivity contribution in [3.8, 4) is 5.75 Å². The highest BCUT2D eigenvalue weighted by atomic mass is 16.5. The molecule has 2 aromatic rings. The molecule has 2 amide bonds. The molecule has 2 bridgehead atoms. The lowest BCUT2D eigenvalue weighted by Gasteiger charge is -2.37. The first-order valence-electron chi connectivity index (χ1n) is 17.4. The molecular weight excluding hydrogens is 558 g/mol. The van der Waals surface area contributed by atoms with Gasteiger partial charge in [0.25, 0.3) is 0 Å². The second-order valence-electron chi connectivity index (χ2n) is 14.9. The van der Waals surface area contributed by atoms with Crippen molar-refractivity contribution in [3.05, 3.63) is 76.9 Å². The van der Waals surface area contributed by atoms with Crippen molar-refractivity contribution in [2.24, 2.45) is 41.4 Å². The Labute approximate surface area is 268 Å². The van der Waals surface area contributed by atoms with Crippen LogP contribution in [0.2, 0.25) is 0 Å². The highest BCUT2D eigenvalue weighted by Crippen LogP contribution is 2.52. The number of hydrogen-bond acceptors (Lipinski definition) is 4. The third kappa shape index (κ3) is 5.95. The van der Waals surface area contributed by atoms with Gasteiger partial charge in [-0.25, -0.2) is 4.79 Å². The molecule has 2 aromatic carbocycles. The Kier molecular flexibility index (Phi) is 8.31. The topological polar surface area (TPSA) is 63.7 Å². The van der Waals surface area contributed by atoms with Crippen LogP contribution in [0.5, 0.6) is 5.75 Å². The van der Waals surface area contributed by atoms with Crippen LogP contribution >= 0.6 is 0 Å². The number of anilines is 1. The number of benzene rings is 2. The van der Waals surface area contributed by atoms with Gasteiger partial charge in [-0.1, -0.05) is 56.2 Å². The standard InChI is InChI=1S/C40H47NO4/c1-24-4-8-28(9-5-24)30-12-14-31(15-13-30)29-10-6-27(7-11-29)20-26(3)40(44)45-36-19-18-34(21-25(36)2)41-37(42)23-35-32-16-17-33(22-32)38(35)39(41)43/h6-7,10-11,16-21,24,28,30-33,35,38H,4-5,8-9,12-15,22-23H2,1-3H3/b26-20+. The van der Waals surface area contributed by atoms with Gasteiger partial charge in [-0.05, 0) is 141 Å². The number of carbonyl (C=O) groups is 3. The molecule has 1 saturated heterocycles. The second kappa shape index (κ2) is 12.4. The predicted molar refractivity (Wildman–Crippen MR) is 178 cm³/mol. The molecule has 4 unspecified atom stereocenters. The third-order valence-corrected chi connectivity index (χ3v) is 12.0. The number of amides is 2. The number of piperidine rings is 1. The first-order valence-corrected chi connectivity index (χ1v) is 17.4. The number of imide groups is 1. The van der Waals surface area contributed by atoms with Crippen LogP contribution in [0, 0.1) is 48.3 Å². The van der Waals surface area contributed by atoms with Crippen molar-refractivity contribution in [3.63, 3.8) is 0 Å². The number of carbonyl (C=O) groups excluding carboxylic acids is 3. The number of hydrogen-bond donors (Lipinski definition) is 0. The molecule has 3 saturated carbocycles. The molecule has 5 aliphatic rings. The van der Waals surface area contributed by atoms with Crippen LogP contribution in [0.25, 0.3) is 6.08 Å². The Bertz CT molecular complexity index is 1520. The number of rotatable bonds is 6. The van der Waals surface area contributed by atoms with Crippen molar-refractivity contribution in [2.45, 2.75) is 90.9 Å². The molecule has 0 aromatic heterocycles. The SMILES string of the molecule is C/C(=C\c1ccc(C2CCC(C3CCC(C)CC3)CC2)cc1)C(=O)Oc1ccc(N2C(=O)CC3C4C=CC(C4)C3C2=O)cc1C. The lowest BCUT2D eigenvalue weighted by atomic mass is 9.68. The van der Waals surface area contributed by atoms with Gasteiger partial charge in [0, 0.05) is 17.9 Å². The van der Waals surface area contributed by atoms with Crippen LogP contribution in [-0.2, 0) is 14.4 Å². The maximum absolute atomic E-state index is 13.4. The Hall–Kier alpha value is -3.47. The van der Waals surface area contributed by atoms with Gasteiger partial charge in [0.15, 0.2) is 0 Å². The molecule has 5 heteroatoms. The number of fused-ring (bicyclic) bond motifs is 5. The Morgan fingerprint density at radius 3 is 2.22 bits per heavy atom. The van der Waals surface area contributed by atoms with Gasteiger partial charge < -0.3 is 4.74 Å². The quantitative estimate of drug-likeness (QED) is 0.109. The van der Waals surface area contributed by atoms with Gasteiger partial charge in [-0.3, -0.25) is 14.5 Å². The molecule has 45 heavy (non-hydrogen) atoms. The predicted octanol–water partition coefficient (Wildman–Crippen LogP) is 8.81. The van der Waals surface area contributed by atoms with E-state index in [0.717, 1.165) is 29.7 Å². The molecule has 0 spiro atoms. The monoisotopic (exact) mass is 605 g/mol. The molecule has 0 radical (unpaired) electrons. The van der Waals surface area contributed by atoms with E-state index < -0.39 is 5.97 Å². The van der Waals surface area contributed by atoms with Crippen molar-refractivity contribution in [1.82, 2.24) is 0 Å². The first-order chi connectivity index (χ1) is 21.7. The van der Waals surface area contributed by atoms with Crippen LogP contribution < -0.4 is 9.64 Å². The van der Waals surface area contributed by atoms with Gasteiger partial charge in [0.2, 0.25) is 11.8 Å². The molecule has 4 atom stereocenters. The zero-order valence-electron chi connectivity index (χ0n) is 27.0. The van der Waals surface area contributed by atoms with Crippen molar-refractivity contribution in [1.29, 1.82) is 0 Å². The molecule has 236 valence electrons. The maximum atomic E-state index is 13.4. The number of nitrogens with zero attached hydrogens (tertiary/aromatic N) is 1. The fraction of sp³-hybridized carbons (Fsp3) is 0.525. The summed E-state index contributed by atoms with van der Waals surface area (Å²) in [4.78, 5) is 40.8. The third-order valence-electron chi connectivity index (χ3n) is 12.0. The van der Waals surface area contributed by atoms with Gasteiger partial charge in [0.05, 0.1) is 5.69 Å². The molecule has 1 heterocycles. The summed E-state index contributed by atoms with van der Waals surface area (Å²) in [5, 5.41) is 0. The lowest BCUT2D eigenvalue weighted by Crippen LogP contribution is -2.50. The maximum Gasteiger partial charge on any atom is 0.339 e. The van der Waals surface area contributed by atoms with E-state index in [9.17, 15) is 14.4 Å². The van der Waals surface area contributed by atoms with E-state index in [4.69, 9.17) is 4.74 Å². The van der Waals surface area contributed by atoms with E-state index in [1.807, 2.05) is 13.0 Å². The van der Waals surface area contributed by atoms with E-state index in [0.29, 0.717) is 40.8 Å². The van der Waals surface area contributed by atoms with Crippen LogP contribution in [0.15, 0.2) is 60.2 Å². The fourth-order valence-corrected chi connectivity index (χ4v) is 9.33. The number of allylic oxidation sites excluding steroid dienone is 2. The van der Waals surface area contributed by atoms with Gasteiger partial charge in [0.1, 0.15) is 5.75 Å². The zero-order valence-corrected chi connectivity index (χ0v) is 27.0. The Morgan fingerprint density at radius 2 is 1.53 bits per heavy atom. The summed E-state index contributed by atoms with van der Waals surface area (Å²) >= 11 is 0. The van der Waals surface area contributed by atoms with Crippen LogP contribution in [0.1, 0.15) is 101 Å². The highest BCUT2D eigenvalue weighted by molar-refractivity contribution is 6.18. The Morgan fingerprint density at radius 1 is 0.867 bits per heavy atom. The van der Waals surface area contributed by atoms with E-state index in [-0.39, 0.29) is 29.6 Å². The minimum Gasteiger partial charge on any atom is -0.423 e. The molecule has 4 aliphatic carbocycles. The summed E-state index contributed by atoms with van der Waals surface area (Å²) < 4.78 is 5.76. The van der Waals surface area contributed by atoms with E-state index in [1.165, 1.54) is 61.8 Å². The summed E-state index contributed by atoms with van der Waals surface area (Å²) in [6.45, 7) is 6.03. The van der Waals surface area contributed by atoms with E-state index in [2.05, 4.69) is 43.3 Å². The molecule has 1 aliphatic heterocycles. The van der Waals surface area contributed by atoms with Crippen molar-refractivity contribution >= 4 is 29.5 Å². The molecule has 5 nitrogen and oxygen atoms in total.